The Morgan fingerprint density at radius 1 is 1.15 bits per heavy atom. The Morgan fingerprint density at radius 2 is 2.04 bits per heavy atom. The summed E-state index contributed by atoms with van der Waals surface area (Å²) in [6.45, 7) is 2.43. The van der Waals surface area contributed by atoms with Gasteiger partial charge in [0.1, 0.15) is 0 Å². The molecular weight excluding hydrogens is 382 g/mol. The summed E-state index contributed by atoms with van der Waals surface area (Å²) in [6, 6.07) is 9.67. The number of pyridine rings is 1. The van der Waals surface area contributed by atoms with E-state index < -0.39 is 0 Å². The van der Waals surface area contributed by atoms with Gasteiger partial charge in [-0.3, -0.25) is 14.6 Å². The van der Waals surface area contributed by atoms with Gasteiger partial charge in [0.2, 0.25) is 5.91 Å². The summed E-state index contributed by atoms with van der Waals surface area (Å²) in [5.41, 5.74) is 0.891. The number of nitrogens with zero attached hydrogens (tertiary/aromatic N) is 2. The molecule has 1 fully saturated rings. The van der Waals surface area contributed by atoms with Gasteiger partial charge in [0.25, 0.3) is 0 Å². The number of hydrogen-bond acceptors (Lipinski definition) is 5. The molecule has 1 saturated heterocycles. The Morgan fingerprint density at radius 3 is 2.78 bits per heavy atom. The van der Waals surface area contributed by atoms with Crippen LogP contribution >= 0.6 is 23.7 Å². The van der Waals surface area contributed by atoms with E-state index in [1.807, 2.05) is 40.6 Å². The number of carbonyl (C=O) groups is 2. The van der Waals surface area contributed by atoms with Gasteiger partial charge >= 0.3 is 0 Å². The first kappa shape index (κ1) is 21.5. The highest BCUT2D eigenvalue weighted by Gasteiger charge is 2.25. The first-order valence-electron chi connectivity index (χ1n) is 9.21. The number of amides is 1. The molecular formula is C20H26ClN3O2S. The first-order valence-corrected chi connectivity index (χ1v) is 10.1. The van der Waals surface area contributed by atoms with Crippen molar-refractivity contribution in [2.24, 2.45) is 0 Å². The molecule has 1 aliphatic heterocycles. The van der Waals surface area contributed by atoms with Gasteiger partial charge in [-0.15, -0.1) is 23.7 Å². The molecule has 7 heteroatoms. The summed E-state index contributed by atoms with van der Waals surface area (Å²) >= 11 is 1.43. The van der Waals surface area contributed by atoms with Crippen molar-refractivity contribution < 1.29 is 9.59 Å². The second-order valence-corrected chi connectivity index (χ2v) is 7.53. The number of rotatable bonds is 7. The molecule has 1 unspecified atom stereocenters. The van der Waals surface area contributed by atoms with Crippen LogP contribution in [-0.2, 0) is 11.3 Å². The normalized spacial score (nSPS) is 16.8. The Hall–Kier alpha value is -1.76. The number of aromatic nitrogens is 1. The molecule has 0 aromatic carbocycles. The Bertz CT molecular complexity index is 701. The van der Waals surface area contributed by atoms with Crippen LogP contribution < -0.4 is 5.32 Å². The zero-order valence-corrected chi connectivity index (χ0v) is 16.9. The van der Waals surface area contributed by atoms with E-state index >= 15 is 0 Å². The molecule has 1 atom stereocenters. The van der Waals surface area contributed by atoms with Gasteiger partial charge in [0.05, 0.1) is 17.1 Å². The molecule has 146 valence electrons. The van der Waals surface area contributed by atoms with E-state index in [1.54, 1.807) is 6.20 Å². The highest BCUT2D eigenvalue weighted by molar-refractivity contribution is 7.12. The van der Waals surface area contributed by atoms with Crippen molar-refractivity contribution in [2.75, 3.05) is 13.1 Å². The van der Waals surface area contributed by atoms with E-state index in [0.29, 0.717) is 6.54 Å². The van der Waals surface area contributed by atoms with Gasteiger partial charge < -0.3 is 10.2 Å². The lowest BCUT2D eigenvalue weighted by molar-refractivity contribution is -0.134. The summed E-state index contributed by atoms with van der Waals surface area (Å²) in [6.07, 6.45) is 5.27. The molecule has 0 aliphatic carbocycles. The summed E-state index contributed by atoms with van der Waals surface area (Å²) in [4.78, 5) is 32.3. The van der Waals surface area contributed by atoms with Crippen LogP contribution in [0, 0.1) is 0 Å². The highest BCUT2D eigenvalue weighted by Crippen LogP contribution is 2.19. The van der Waals surface area contributed by atoms with Crippen LogP contribution in [0.15, 0.2) is 41.9 Å². The maximum atomic E-state index is 13.0. The summed E-state index contributed by atoms with van der Waals surface area (Å²) in [7, 11) is 0. The van der Waals surface area contributed by atoms with E-state index in [2.05, 4.69) is 10.3 Å². The highest BCUT2D eigenvalue weighted by atomic mass is 35.5. The molecule has 1 aliphatic rings. The van der Waals surface area contributed by atoms with Crippen molar-refractivity contribution in [2.45, 2.75) is 44.7 Å². The maximum Gasteiger partial charge on any atom is 0.223 e. The van der Waals surface area contributed by atoms with Gasteiger partial charge in [-0.1, -0.05) is 12.1 Å². The van der Waals surface area contributed by atoms with Crippen LogP contribution in [0.2, 0.25) is 0 Å². The van der Waals surface area contributed by atoms with Crippen molar-refractivity contribution in [3.8, 4) is 0 Å². The Labute approximate surface area is 170 Å². The number of hydrogen-bond donors (Lipinski definition) is 1. The molecule has 2 aromatic heterocycles. The van der Waals surface area contributed by atoms with Crippen LogP contribution in [0.5, 0.6) is 0 Å². The standard InChI is InChI=1S/C20H25N3O2S.ClH/c24-18(19-7-4-14-26-19)8-9-20(25)23(15-16-5-1-2-12-22-16)17-6-3-11-21-13-10-17;/h1-2,4-5,7,12,14,17,21H,3,6,8-11,13,15H2;1H. The van der Waals surface area contributed by atoms with Crippen LogP contribution in [-0.4, -0.2) is 40.7 Å². The quantitative estimate of drug-likeness (QED) is 0.711. The van der Waals surface area contributed by atoms with Crippen LogP contribution in [0.4, 0.5) is 0 Å². The van der Waals surface area contributed by atoms with Crippen LogP contribution in [0.25, 0.3) is 0 Å². The topological polar surface area (TPSA) is 62.3 Å². The van der Waals surface area contributed by atoms with E-state index in [1.165, 1.54) is 11.3 Å². The predicted molar refractivity (Wildman–Crippen MR) is 110 cm³/mol. The smallest absolute Gasteiger partial charge is 0.223 e. The minimum atomic E-state index is 0. The van der Waals surface area contributed by atoms with Crippen LogP contribution in [0.1, 0.15) is 47.5 Å². The molecule has 1 amide bonds. The molecule has 0 saturated carbocycles. The van der Waals surface area contributed by atoms with Crippen molar-refractivity contribution in [3.05, 3.63) is 52.5 Å². The number of ketones is 1. The fourth-order valence-corrected chi connectivity index (χ4v) is 4.02. The van der Waals surface area contributed by atoms with Gasteiger partial charge in [0, 0.05) is 25.1 Å². The predicted octanol–water partition coefficient (Wildman–Crippen LogP) is 3.70. The monoisotopic (exact) mass is 407 g/mol. The van der Waals surface area contributed by atoms with E-state index in [0.717, 1.165) is 42.9 Å². The lowest BCUT2D eigenvalue weighted by Gasteiger charge is -2.31. The first-order chi connectivity index (χ1) is 12.7. The minimum Gasteiger partial charge on any atom is -0.334 e. The number of Topliss-reactive ketones (excluding diaryl/α,β-unsaturated/α-hetero) is 1. The number of halogens is 1. The molecule has 27 heavy (non-hydrogen) atoms. The molecule has 2 aromatic rings. The van der Waals surface area contributed by atoms with E-state index in [4.69, 9.17) is 0 Å². The van der Waals surface area contributed by atoms with Gasteiger partial charge in [-0.05, 0) is 55.9 Å². The molecule has 3 rings (SSSR count). The SMILES string of the molecule is Cl.O=C(CCC(=O)N(Cc1ccccn1)C1CCCNCC1)c1cccs1. The number of carbonyl (C=O) groups excluding carboxylic acids is 2. The number of thiophene rings is 1. The van der Waals surface area contributed by atoms with Crippen molar-refractivity contribution in [3.63, 3.8) is 0 Å². The third kappa shape index (κ3) is 6.41. The fourth-order valence-electron chi connectivity index (χ4n) is 3.32. The van der Waals surface area contributed by atoms with Crippen LogP contribution in [0.3, 0.4) is 0 Å². The average Bonchev–Trinajstić information content (AvgIpc) is 3.08. The van der Waals surface area contributed by atoms with Gasteiger partial charge in [0.15, 0.2) is 5.78 Å². The summed E-state index contributed by atoms with van der Waals surface area (Å²) in [5.74, 6) is 0.0983. The summed E-state index contributed by atoms with van der Waals surface area (Å²) < 4.78 is 0. The second kappa shape index (κ2) is 11.2. The largest absolute Gasteiger partial charge is 0.334 e. The molecule has 3 heterocycles. The van der Waals surface area contributed by atoms with Gasteiger partial charge in [-0.2, -0.15) is 0 Å². The van der Waals surface area contributed by atoms with Gasteiger partial charge in [-0.25, -0.2) is 0 Å². The third-order valence-corrected chi connectivity index (χ3v) is 5.64. The maximum absolute atomic E-state index is 13.0. The number of nitrogens with one attached hydrogen (secondary N) is 1. The lowest BCUT2D eigenvalue weighted by atomic mass is 10.1. The van der Waals surface area contributed by atoms with Crippen molar-refractivity contribution in [1.82, 2.24) is 15.2 Å². The molecule has 0 bridgehead atoms. The van der Waals surface area contributed by atoms with E-state index in [-0.39, 0.29) is 43.0 Å². The van der Waals surface area contributed by atoms with Crippen molar-refractivity contribution >= 4 is 35.4 Å². The average molecular weight is 408 g/mol. The Balaban J connectivity index is 0.00000261. The molecule has 0 spiro atoms. The second-order valence-electron chi connectivity index (χ2n) is 6.58. The Kier molecular flexibility index (Phi) is 8.91. The minimum absolute atomic E-state index is 0. The van der Waals surface area contributed by atoms with E-state index in [9.17, 15) is 9.59 Å². The molecule has 0 radical (unpaired) electrons. The lowest BCUT2D eigenvalue weighted by Crippen LogP contribution is -2.40. The summed E-state index contributed by atoms with van der Waals surface area (Å²) in [5, 5.41) is 5.29. The molecule has 5 nitrogen and oxygen atoms in total. The zero-order chi connectivity index (χ0) is 18.2. The van der Waals surface area contributed by atoms with Crippen molar-refractivity contribution in [1.29, 1.82) is 0 Å². The zero-order valence-electron chi connectivity index (χ0n) is 15.3. The molecule has 1 N–H and O–H groups in total. The third-order valence-electron chi connectivity index (χ3n) is 4.73. The fraction of sp³-hybridized carbons (Fsp3) is 0.450.